The van der Waals surface area contributed by atoms with Crippen LogP contribution >= 0.6 is 0 Å². The average Bonchev–Trinajstić information content (AvgIpc) is 3.04. The molecule has 1 aromatic heterocycles. The lowest BCUT2D eigenvalue weighted by molar-refractivity contribution is -0.141. The Morgan fingerprint density at radius 1 is 1.04 bits per heavy atom. The van der Waals surface area contributed by atoms with E-state index in [0.717, 1.165) is 31.8 Å². The van der Waals surface area contributed by atoms with Crippen LogP contribution in [0.4, 0.5) is 18.9 Å². The number of pyridine rings is 1. The summed E-state index contributed by atoms with van der Waals surface area (Å²) in [6.45, 7) is 2.00. The van der Waals surface area contributed by atoms with Crippen molar-refractivity contribution in [2.45, 2.75) is 55.9 Å². The van der Waals surface area contributed by atoms with Crippen molar-refractivity contribution in [3.8, 4) is 11.1 Å². The Morgan fingerprint density at radius 2 is 1.74 bits per heavy atom. The van der Waals surface area contributed by atoms with E-state index in [1.54, 1.807) is 6.92 Å². The number of anilines is 1. The van der Waals surface area contributed by atoms with Gasteiger partial charge in [-0.05, 0) is 58.9 Å². The SMILES string of the molecule is CCCN1CC(C(=O)O)n2c(c(-c3cccc(C(F)(F)F)c3)c(Cc3cccc4ccccc34)c(NC3CCOCC3)c2=O)S1(=O)=O. The number of sulfonamides is 1. The van der Waals surface area contributed by atoms with Crippen molar-refractivity contribution in [3.63, 3.8) is 0 Å². The number of benzene rings is 3. The van der Waals surface area contributed by atoms with Gasteiger partial charge < -0.3 is 15.2 Å². The van der Waals surface area contributed by atoms with Gasteiger partial charge in [0.25, 0.3) is 15.6 Å². The highest BCUT2D eigenvalue weighted by Crippen LogP contribution is 2.42. The third-order valence-corrected chi connectivity index (χ3v) is 10.7. The summed E-state index contributed by atoms with van der Waals surface area (Å²) in [6.07, 6.45) is -3.40. The van der Waals surface area contributed by atoms with E-state index in [9.17, 15) is 36.3 Å². The zero-order valence-electron chi connectivity index (χ0n) is 25.6. The third-order valence-electron chi connectivity index (χ3n) is 8.79. The molecular formula is C34H34F3N3O6S. The molecule has 3 aromatic carbocycles. The van der Waals surface area contributed by atoms with Gasteiger partial charge in [-0.15, -0.1) is 0 Å². The van der Waals surface area contributed by atoms with Crippen LogP contribution in [0.5, 0.6) is 0 Å². The molecule has 1 saturated heterocycles. The van der Waals surface area contributed by atoms with Gasteiger partial charge >= 0.3 is 12.1 Å². The number of ether oxygens (including phenoxy) is 1. The normalized spacial score (nSPS) is 18.6. The lowest BCUT2D eigenvalue weighted by Gasteiger charge is -2.36. The molecule has 0 aliphatic carbocycles. The smallest absolute Gasteiger partial charge is 0.416 e. The molecule has 0 amide bonds. The second-order valence-electron chi connectivity index (χ2n) is 11.9. The highest BCUT2D eigenvalue weighted by molar-refractivity contribution is 7.89. The van der Waals surface area contributed by atoms with Crippen LogP contribution in [0.2, 0.25) is 0 Å². The Hall–Kier alpha value is -4.20. The Bertz CT molecular complexity index is 2000. The highest BCUT2D eigenvalue weighted by atomic mass is 32.2. The maximum absolute atomic E-state index is 14.6. The first-order valence-corrected chi connectivity index (χ1v) is 16.9. The van der Waals surface area contributed by atoms with E-state index in [1.807, 2.05) is 42.5 Å². The number of carboxylic acid groups (broad SMARTS) is 1. The van der Waals surface area contributed by atoms with Crippen LogP contribution in [0.3, 0.4) is 0 Å². The number of aliphatic carboxylic acids is 1. The zero-order valence-corrected chi connectivity index (χ0v) is 26.4. The number of carbonyl (C=O) groups is 1. The monoisotopic (exact) mass is 669 g/mol. The number of halogens is 3. The molecule has 0 bridgehead atoms. The summed E-state index contributed by atoms with van der Waals surface area (Å²) < 4.78 is 78.4. The number of rotatable bonds is 8. The first-order chi connectivity index (χ1) is 22.4. The van der Waals surface area contributed by atoms with Crippen LogP contribution in [0, 0.1) is 0 Å². The average molecular weight is 670 g/mol. The van der Waals surface area contributed by atoms with Crippen molar-refractivity contribution in [1.29, 1.82) is 0 Å². The fourth-order valence-corrected chi connectivity index (χ4v) is 8.52. The van der Waals surface area contributed by atoms with Crippen LogP contribution in [0.1, 0.15) is 48.9 Å². The number of hydrogen-bond acceptors (Lipinski definition) is 6. The lowest BCUT2D eigenvalue weighted by Crippen LogP contribution is -2.50. The molecule has 6 rings (SSSR count). The van der Waals surface area contributed by atoms with Gasteiger partial charge in [-0.3, -0.25) is 9.36 Å². The van der Waals surface area contributed by atoms with Crippen molar-refractivity contribution < 1.29 is 36.2 Å². The quantitative estimate of drug-likeness (QED) is 0.240. The van der Waals surface area contributed by atoms with Gasteiger partial charge in [0.05, 0.1) is 5.56 Å². The molecule has 13 heteroatoms. The molecule has 248 valence electrons. The molecule has 1 fully saturated rings. The molecule has 4 aromatic rings. The van der Waals surface area contributed by atoms with Gasteiger partial charge in [0, 0.05) is 44.3 Å². The minimum atomic E-state index is -4.75. The molecule has 2 aliphatic heterocycles. The minimum absolute atomic E-state index is 0.0252. The van der Waals surface area contributed by atoms with E-state index in [1.165, 1.54) is 12.1 Å². The standard InChI is InChI=1S/C34H34F3N3O6S/c1-2-15-39-20-28(33(42)43)40-31(41)30(38-25-13-16-46-17-14-25)27(19-22-9-5-8-21-7-3-4-12-26(21)22)29(32(40)47(39,44)45)23-10-6-11-24(18-23)34(35,36)37/h3-12,18,25,28,38H,2,13-17,19-20H2,1H3,(H,42,43). The molecule has 3 heterocycles. The summed E-state index contributed by atoms with van der Waals surface area (Å²) in [4.78, 5) is 27.3. The Kier molecular flexibility index (Phi) is 8.90. The summed E-state index contributed by atoms with van der Waals surface area (Å²) in [5.41, 5.74) is -1.25. The molecule has 47 heavy (non-hydrogen) atoms. The first-order valence-electron chi connectivity index (χ1n) is 15.4. The Balaban J connectivity index is 1.75. The van der Waals surface area contributed by atoms with Gasteiger partial charge in [0.2, 0.25) is 0 Å². The molecule has 0 saturated carbocycles. The Morgan fingerprint density at radius 3 is 2.45 bits per heavy atom. The predicted octanol–water partition coefficient (Wildman–Crippen LogP) is 5.91. The highest BCUT2D eigenvalue weighted by Gasteiger charge is 2.44. The fraction of sp³-hybridized carbons (Fsp3) is 0.353. The largest absolute Gasteiger partial charge is 0.480 e. The predicted molar refractivity (Wildman–Crippen MR) is 171 cm³/mol. The molecular weight excluding hydrogens is 635 g/mol. The number of nitrogens with one attached hydrogen (secondary N) is 1. The second-order valence-corrected chi connectivity index (χ2v) is 13.7. The number of carboxylic acids is 1. The van der Waals surface area contributed by atoms with E-state index in [-0.39, 0.29) is 41.4 Å². The minimum Gasteiger partial charge on any atom is -0.480 e. The zero-order chi connectivity index (χ0) is 33.5. The van der Waals surface area contributed by atoms with Crippen molar-refractivity contribution in [1.82, 2.24) is 8.87 Å². The van der Waals surface area contributed by atoms with E-state index in [0.29, 0.717) is 38.0 Å². The van der Waals surface area contributed by atoms with Gasteiger partial charge in [0.15, 0.2) is 5.03 Å². The number of aromatic nitrogens is 1. The molecule has 2 aliphatic rings. The first kappa shape index (κ1) is 32.7. The van der Waals surface area contributed by atoms with Crippen molar-refractivity contribution in [2.24, 2.45) is 0 Å². The van der Waals surface area contributed by atoms with Gasteiger partial charge in [-0.1, -0.05) is 61.5 Å². The van der Waals surface area contributed by atoms with E-state index in [4.69, 9.17) is 4.74 Å². The van der Waals surface area contributed by atoms with E-state index in [2.05, 4.69) is 5.32 Å². The molecule has 0 radical (unpaired) electrons. The van der Waals surface area contributed by atoms with Gasteiger partial charge in [-0.25, -0.2) is 13.2 Å². The summed E-state index contributed by atoms with van der Waals surface area (Å²) in [5.74, 6) is -1.43. The van der Waals surface area contributed by atoms with Gasteiger partial charge in [-0.2, -0.15) is 17.5 Å². The number of hydrogen-bond donors (Lipinski definition) is 2. The molecule has 9 nitrogen and oxygen atoms in total. The fourth-order valence-electron chi connectivity index (χ4n) is 6.55. The summed E-state index contributed by atoms with van der Waals surface area (Å²) >= 11 is 0. The summed E-state index contributed by atoms with van der Waals surface area (Å²) in [5, 5.41) is 14.7. The van der Waals surface area contributed by atoms with Crippen LogP contribution in [0.15, 0.2) is 76.6 Å². The van der Waals surface area contributed by atoms with E-state index < -0.39 is 50.9 Å². The van der Waals surface area contributed by atoms with Gasteiger partial charge in [0.1, 0.15) is 11.7 Å². The number of alkyl halides is 3. The van der Waals surface area contributed by atoms with E-state index >= 15 is 0 Å². The number of nitrogens with zero attached hydrogens (tertiary/aromatic N) is 2. The van der Waals surface area contributed by atoms with Crippen molar-refractivity contribution in [3.05, 3.63) is 93.8 Å². The van der Waals surface area contributed by atoms with Crippen LogP contribution in [0.25, 0.3) is 21.9 Å². The summed E-state index contributed by atoms with van der Waals surface area (Å²) in [6, 6.07) is 15.4. The maximum Gasteiger partial charge on any atom is 0.416 e. The maximum atomic E-state index is 14.6. The number of fused-ring (bicyclic) bond motifs is 2. The topological polar surface area (TPSA) is 118 Å². The van der Waals surface area contributed by atoms with Crippen LogP contribution in [-0.4, -0.2) is 60.7 Å². The molecule has 0 spiro atoms. The lowest BCUT2D eigenvalue weighted by atomic mass is 9.91. The van der Waals surface area contributed by atoms with Crippen LogP contribution < -0.4 is 10.9 Å². The molecule has 2 N–H and O–H groups in total. The molecule has 1 atom stereocenters. The van der Waals surface area contributed by atoms with Crippen molar-refractivity contribution >= 4 is 32.5 Å². The summed E-state index contributed by atoms with van der Waals surface area (Å²) in [7, 11) is -4.56. The molecule has 1 unspecified atom stereocenters. The van der Waals surface area contributed by atoms with Crippen LogP contribution in [-0.2, 0) is 32.2 Å². The second kappa shape index (κ2) is 12.8. The van der Waals surface area contributed by atoms with Crippen molar-refractivity contribution in [2.75, 3.05) is 31.6 Å². The Labute approximate surface area is 269 Å². The third kappa shape index (κ3) is 6.15.